The Balaban J connectivity index is 1.40. The van der Waals surface area contributed by atoms with Crippen molar-refractivity contribution in [3.05, 3.63) is 84.3 Å². The Morgan fingerprint density at radius 1 is 1.06 bits per heavy atom. The van der Waals surface area contributed by atoms with Gasteiger partial charge < -0.3 is 24.8 Å². The number of hydrogen-bond acceptors (Lipinski definition) is 6. The number of aryl methyl sites for hydroxylation is 1. The predicted molar refractivity (Wildman–Crippen MR) is 127 cm³/mol. The van der Waals surface area contributed by atoms with Crippen molar-refractivity contribution in [2.75, 3.05) is 10.6 Å². The number of amides is 1. The van der Waals surface area contributed by atoms with E-state index in [1.165, 1.54) is 12.1 Å². The number of alkyl halides is 3. The molecular formula is C25H18F3N5O3. The number of rotatable bonds is 6. The van der Waals surface area contributed by atoms with E-state index in [4.69, 9.17) is 4.42 Å². The molecule has 0 saturated heterocycles. The maximum absolute atomic E-state index is 12.8. The number of anilines is 3. The van der Waals surface area contributed by atoms with Crippen LogP contribution in [0.4, 0.5) is 30.5 Å². The van der Waals surface area contributed by atoms with Crippen LogP contribution in [0.25, 0.3) is 22.5 Å². The maximum atomic E-state index is 12.8. The first-order chi connectivity index (χ1) is 17.2. The van der Waals surface area contributed by atoms with Gasteiger partial charge in [0.05, 0.1) is 17.3 Å². The second-order valence-electron chi connectivity index (χ2n) is 7.80. The zero-order chi connectivity index (χ0) is 25.3. The van der Waals surface area contributed by atoms with E-state index < -0.39 is 18.0 Å². The summed E-state index contributed by atoms with van der Waals surface area (Å²) < 4.78 is 46.9. The number of aromatic amines is 1. The Kier molecular flexibility index (Phi) is 5.80. The van der Waals surface area contributed by atoms with Crippen LogP contribution in [-0.4, -0.2) is 27.2 Å². The first-order valence-electron chi connectivity index (χ1n) is 10.7. The summed E-state index contributed by atoms with van der Waals surface area (Å²) in [6.45, 7) is 1.85. The molecule has 5 rings (SSSR count). The summed E-state index contributed by atoms with van der Waals surface area (Å²) >= 11 is 0. The Bertz CT molecular complexity index is 1540. The molecule has 8 nitrogen and oxygen atoms in total. The zero-order valence-electron chi connectivity index (χ0n) is 18.7. The molecule has 11 heteroatoms. The fourth-order valence-electron chi connectivity index (χ4n) is 3.59. The lowest BCUT2D eigenvalue weighted by Crippen LogP contribution is -2.17. The van der Waals surface area contributed by atoms with Crippen LogP contribution >= 0.6 is 0 Å². The molecule has 3 N–H and O–H groups in total. The molecule has 0 fully saturated rings. The molecule has 0 aliphatic heterocycles. The SMILES string of the molecule is Cc1ccc(C(=O)Nc2cccc(OC(F)(F)F)c2)cc1Nc1nc(-c2ccco2)c2[nH]ccc2n1. The highest BCUT2D eigenvalue weighted by Gasteiger charge is 2.31. The van der Waals surface area contributed by atoms with E-state index in [2.05, 4.69) is 30.3 Å². The van der Waals surface area contributed by atoms with Crippen LogP contribution in [0.3, 0.4) is 0 Å². The van der Waals surface area contributed by atoms with Crippen LogP contribution in [0.1, 0.15) is 15.9 Å². The molecule has 0 bridgehead atoms. The summed E-state index contributed by atoms with van der Waals surface area (Å²) in [5.41, 5.74) is 3.80. The van der Waals surface area contributed by atoms with E-state index in [9.17, 15) is 18.0 Å². The number of H-pyrrole nitrogens is 1. The van der Waals surface area contributed by atoms with Gasteiger partial charge in [0.2, 0.25) is 5.95 Å². The Morgan fingerprint density at radius 2 is 1.92 bits per heavy atom. The number of carbonyl (C=O) groups is 1. The van der Waals surface area contributed by atoms with Gasteiger partial charge in [0.15, 0.2) is 5.76 Å². The number of nitrogens with zero attached hydrogens (tertiary/aromatic N) is 2. The van der Waals surface area contributed by atoms with Gasteiger partial charge in [0, 0.05) is 29.2 Å². The molecule has 3 heterocycles. The molecule has 36 heavy (non-hydrogen) atoms. The van der Waals surface area contributed by atoms with Crippen molar-refractivity contribution < 1.29 is 27.1 Å². The molecule has 0 spiro atoms. The maximum Gasteiger partial charge on any atom is 0.573 e. The third-order valence-corrected chi connectivity index (χ3v) is 5.23. The van der Waals surface area contributed by atoms with Crippen LogP contribution in [0.15, 0.2) is 77.5 Å². The molecule has 2 aromatic carbocycles. The molecular weight excluding hydrogens is 475 g/mol. The molecule has 0 saturated carbocycles. The van der Waals surface area contributed by atoms with Gasteiger partial charge in [-0.15, -0.1) is 13.2 Å². The van der Waals surface area contributed by atoms with Crippen molar-refractivity contribution >= 4 is 34.3 Å². The number of ether oxygens (including phenoxy) is 1. The van der Waals surface area contributed by atoms with E-state index in [-0.39, 0.29) is 11.3 Å². The Morgan fingerprint density at radius 3 is 2.69 bits per heavy atom. The van der Waals surface area contributed by atoms with Gasteiger partial charge in [-0.1, -0.05) is 12.1 Å². The molecule has 5 aromatic rings. The number of aromatic nitrogens is 3. The van der Waals surface area contributed by atoms with Crippen LogP contribution in [0.5, 0.6) is 5.75 Å². The third kappa shape index (κ3) is 4.99. The average Bonchev–Trinajstić information content (AvgIpc) is 3.51. The zero-order valence-corrected chi connectivity index (χ0v) is 18.7. The van der Waals surface area contributed by atoms with Crippen molar-refractivity contribution in [2.45, 2.75) is 13.3 Å². The van der Waals surface area contributed by atoms with Crippen molar-refractivity contribution in [2.24, 2.45) is 0 Å². The van der Waals surface area contributed by atoms with Crippen molar-refractivity contribution in [3.63, 3.8) is 0 Å². The summed E-state index contributed by atoms with van der Waals surface area (Å²) in [5.74, 6) is -0.0858. The molecule has 0 atom stereocenters. The van der Waals surface area contributed by atoms with E-state index in [1.807, 2.05) is 13.0 Å². The highest BCUT2D eigenvalue weighted by Crippen LogP contribution is 2.29. The van der Waals surface area contributed by atoms with Gasteiger partial charge in [-0.3, -0.25) is 4.79 Å². The third-order valence-electron chi connectivity index (χ3n) is 5.23. The molecule has 1 amide bonds. The Labute approximate surface area is 202 Å². The van der Waals surface area contributed by atoms with Crippen LogP contribution in [0, 0.1) is 6.92 Å². The highest BCUT2D eigenvalue weighted by atomic mass is 19.4. The van der Waals surface area contributed by atoms with Gasteiger partial charge in [0.1, 0.15) is 11.4 Å². The van der Waals surface area contributed by atoms with Crippen molar-refractivity contribution in [1.82, 2.24) is 15.0 Å². The van der Waals surface area contributed by atoms with Crippen molar-refractivity contribution in [1.29, 1.82) is 0 Å². The first-order valence-corrected chi connectivity index (χ1v) is 10.7. The molecule has 3 aromatic heterocycles. The largest absolute Gasteiger partial charge is 0.573 e. The van der Waals surface area contributed by atoms with E-state index in [0.29, 0.717) is 28.6 Å². The van der Waals surface area contributed by atoms with E-state index in [0.717, 1.165) is 23.2 Å². The quantitative estimate of drug-likeness (QED) is 0.252. The normalized spacial score (nSPS) is 11.4. The second kappa shape index (κ2) is 9.10. The molecule has 0 aliphatic carbocycles. The monoisotopic (exact) mass is 493 g/mol. The molecule has 182 valence electrons. The fourth-order valence-corrected chi connectivity index (χ4v) is 3.59. The fraction of sp³-hybridized carbons (Fsp3) is 0.0800. The van der Waals surface area contributed by atoms with Gasteiger partial charge in [-0.2, -0.15) is 0 Å². The highest BCUT2D eigenvalue weighted by molar-refractivity contribution is 6.05. The minimum absolute atomic E-state index is 0.154. The lowest BCUT2D eigenvalue weighted by Gasteiger charge is -2.13. The minimum Gasteiger partial charge on any atom is -0.463 e. The van der Waals surface area contributed by atoms with Crippen LogP contribution < -0.4 is 15.4 Å². The predicted octanol–water partition coefficient (Wildman–Crippen LogP) is 6.42. The summed E-state index contributed by atoms with van der Waals surface area (Å²) in [6, 6.07) is 15.4. The van der Waals surface area contributed by atoms with Crippen LogP contribution in [-0.2, 0) is 0 Å². The van der Waals surface area contributed by atoms with E-state index >= 15 is 0 Å². The number of nitrogens with one attached hydrogen (secondary N) is 3. The van der Waals surface area contributed by atoms with Crippen molar-refractivity contribution in [3.8, 4) is 17.2 Å². The minimum atomic E-state index is -4.83. The number of hydrogen-bond donors (Lipinski definition) is 3. The second-order valence-corrected chi connectivity index (χ2v) is 7.80. The van der Waals surface area contributed by atoms with Crippen LogP contribution in [0.2, 0.25) is 0 Å². The smallest absolute Gasteiger partial charge is 0.463 e. The van der Waals surface area contributed by atoms with E-state index in [1.54, 1.807) is 42.8 Å². The van der Waals surface area contributed by atoms with Gasteiger partial charge >= 0.3 is 6.36 Å². The van der Waals surface area contributed by atoms with Gasteiger partial charge in [0.25, 0.3) is 5.91 Å². The number of benzene rings is 2. The summed E-state index contributed by atoms with van der Waals surface area (Å²) in [4.78, 5) is 25.0. The lowest BCUT2D eigenvalue weighted by atomic mass is 10.1. The first kappa shape index (κ1) is 23.0. The summed E-state index contributed by atoms with van der Waals surface area (Å²) in [6.07, 6.45) is -1.53. The summed E-state index contributed by atoms with van der Waals surface area (Å²) in [5, 5.41) is 5.73. The molecule has 0 unspecified atom stereocenters. The molecule has 0 aliphatic rings. The molecule has 0 radical (unpaired) electrons. The summed E-state index contributed by atoms with van der Waals surface area (Å²) in [7, 11) is 0. The van der Waals surface area contributed by atoms with Gasteiger partial charge in [-0.05, 0) is 55.0 Å². The lowest BCUT2D eigenvalue weighted by molar-refractivity contribution is -0.274. The topological polar surface area (TPSA) is 105 Å². The average molecular weight is 493 g/mol. The number of carbonyl (C=O) groups excluding carboxylic acids is 1. The number of halogens is 3. The Hall–Kier alpha value is -4.80. The standard InChI is InChI=1S/C25H18F3N5O3/c1-14-7-8-15(23(34)30-16-4-2-5-17(13-16)36-25(26,27)28)12-19(14)32-24-31-18-9-10-29-21(18)22(33-24)20-6-3-11-35-20/h2-13,29H,1H3,(H,30,34)(H,31,32,33). The number of fused-ring (bicyclic) bond motifs is 1. The van der Waals surface area contributed by atoms with Gasteiger partial charge in [-0.25, -0.2) is 9.97 Å². The number of furan rings is 1.